The van der Waals surface area contributed by atoms with Gasteiger partial charge in [0.15, 0.2) is 0 Å². The summed E-state index contributed by atoms with van der Waals surface area (Å²) in [7, 11) is 0. The second-order valence-corrected chi connectivity index (χ2v) is 6.79. The molecule has 3 rings (SSSR count). The first kappa shape index (κ1) is 17.2. The summed E-state index contributed by atoms with van der Waals surface area (Å²) in [4.78, 5) is 24.5. The zero-order valence-electron chi connectivity index (χ0n) is 13.1. The number of carboxylic acids is 2. The molecule has 0 saturated carbocycles. The standard InChI is InChI=1S/C19H13ClO4S/c1-10-9-12(11-5-2-3-6-13(11)20)16(19(23)24)17(15(10)18(21)22)14-7-4-8-25-14/h2-9H,1H3,(H,21,22)(H,23,24). The third kappa shape index (κ3) is 3.04. The summed E-state index contributed by atoms with van der Waals surface area (Å²) in [6.45, 7) is 1.66. The molecule has 0 radical (unpaired) electrons. The van der Waals surface area contributed by atoms with Crippen LogP contribution in [0.5, 0.6) is 0 Å². The molecule has 3 aromatic rings. The Bertz CT molecular complexity index is 977. The number of thiophene rings is 1. The van der Waals surface area contributed by atoms with Crippen molar-refractivity contribution >= 4 is 34.9 Å². The van der Waals surface area contributed by atoms with Crippen LogP contribution in [0.25, 0.3) is 21.6 Å². The highest BCUT2D eigenvalue weighted by Gasteiger charge is 2.27. The summed E-state index contributed by atoms with van der Waals surface area (Å²) >= 11 is 7.56. The first-order chi connectivity index (χ1) is 11.9. The van der Waals surface area contributed by atoms with Crippen molar-refractivity contribution in [3.05, 3.63) is 69.6 Å². The van der Waals surface area contributed by atoms with Crippen LogP contribution in [0.4, 0.5) is 0 Å². The lowest BCUT2D eigenvalue weighted by molar-refractivity contribution is 0.0695. The van der Waals surface area contributed by atoms with Gasteiger partial charge in [-0.1, -0.05) is 35.9 Å². The van der Waals surface area contributed by atoms with Crippen molar-refractivity contribution in [1.29, 1.82) is 0 Å². The van der Waals surface area contributed by atoms with E-state index in [1.54, 1.807) is 54.8 Å². The molecule has 0 atom stereocenters. The Morgan fingerprint density at radius 3 is 2.20 bits per heavy atom. The Kier molecular flexibility index (Phi) is 4.61. The van der Waals surface area contributed by atoms with E-state index in [4.69, 9.17) is 11.6 Å². The smallest absolute Gasteiger partial charge is 0.337 e. The largest absolute Gasteiger partial charge is 0.478 e. The molecule has 0 aliphatic rings. The number of carbonyl (C=O) groups is 2. The van der Waals surface area contributed by atoms with Crippen LogP contribution in [0.3, 0.4) is 0 Å². The molecule has 6 heteroatoms. The van der Waals surface area contributed by atoms with Crippen molar-refractivity contribution in [3.8, 4) is 21.6 Å². The lowest BCUT2D eigenvalue weighted by Gasteiger charge is -2.17. The Balaban J connectivity index is 2.49. The van der Waals surface area contributed by atoms with Gasteiger partial charge in [0.05, 0.1) is 11.1 Å². The second kappa shape index (κ2) is 6.70. The molecule has 25 heavy (non-hydrogen) atoms. The second-order valence-electron chi connectivity index (χ2n) is 5.43. The molecule has 0 bridgehead atoms. The van der Waals surface area contributed by atoms with Gasteiger partial charge in [-0.05, 0) is 41.6 Å². The highest BCUT2D eigenvalue weighted by molar-refractivity contribution is 7.13. The normalized spacial score (nSPS) is 10.6. The van der Waals surface area contributed by atoms with E-state index in [0.29, 0.717) is 26.6 Å². The Hall–Kier alpha value is -2.63. The minimum atomic E-state index is -1.19. The van der Waals surface area contributed by atoms with E-state index in [9.17, 15) is 19.8 Å². The van der Waals surface area contributed by atoms with Crippen LogP contribution in [-0.4, -0.2) is 22.2 Å². The number of aryl methyl sites for hydroxylation is 1. The zero-order chi connectivity index (χ0) is 18.1. The number of benzene rings is 2. The number of aromatic carboxylic acids is 2. The summed E-state index contributed by atoms with van der Waals surface area (Å²) in [6.07, 6.45) is 0. The van der Waals surface area contributed by atoms with Gasteiger partial charge in [0.1, 0.15) is 0 Å². The van der Waals surface area contributed by atoms with Crippen LogP contribution in [0.15, 0.2) is 47.8 Å². The minimum Gasteiger partial charge on any atom is -0.478 e. The van der Waals surface area contributed by atoms with Crippen LogP contribution in [0, 0.1) is 6.92 Å². The van der Waals surface area contributed by atoms with Gasteiger partial charge in [0.25, 0.3) is 0 Å². The van der Waals surface area contributed by atoms with E-state index in [1.807, 2.05) is 0 Å². The third-order valence-corrected chi connectivity index (χ3v) is 5.10. The lowest BCUT2D eigenvalue weighted by atomic mass is 9.88. The molecule has 1 heterocycles. The number of halogens is 1. The maximum absolute atomic E-state index is 12.1. The monoisotopic (exact) mass is 372 g/mol. The molecular formula is C19H13ClO4S. The summed E-state index contributed by atoms with van der Waals surface area (Å²) in [5.74, 6) is -2.35. The van der Waals surface area contributed by atoms with Gasteiger partial charge >= 0.3 is 11.9 Å². The third-order valence-electron chi connectivity index (χ3n) is 3.88. The predicted octanol–water partition coefficient (Wildman–Crippen LogP) is 5.44. The van der Waals surface area contributed by atoms with Crippen LogP contribution in [-0.2, 0) is 0 Å². The lowest BCUT2D eigenvalue weighted by Crippen LogP contribution is -2.11. The van der Waals surface area contributed by atoms with Crippen LogP contribution in [0.2, 0.25) is 5.02 Å². The average Bonchev–Trinajstić information content (AvgIpc) is 3.07. The number of hydrogen-bond acceptors (Lipinski definition) is 3. The van der Waals surface area contributed by atoms with Gasteiger partial charge in [0.2, 0.25) is 0 Å². The molecule has 0 saturated heterocycles. The number of rotatable bonds is 4. The number of hydrogen-bond donors (Lipinski definition) is 2. The fourth-order valence-corrected chi connectivity index (χ4v) is 3.90. The van der Waals surface area contributed by atoms with E-state index < -0.39 is 11.9 Å². The molecule has 4 nitrogen and oxygen atoms in total. The molecule has 0 aliphatic heterocycles. The number of carboxylic acid groups (broad SMARTS) is 2. The summed E-state index contributed by atoms with van der Waals surface area (Å²) in [5, 5.41) is 21.7. The molecule has 0 unspecified atom stereocenters. The van der Waals surface area contributed by atoms with E-state index in [2.05, 4.69) is 0 Å². The quantitative estimate of drug-likeness (QED) is 0.639. The Morgan fingerprint density at radius 2 is 1.64 bits per heavy atom. The van der Waals surface area contributed by atoms with E-state index >= 15 is 0 Å². The summed E-state index contributed by atoms with van der Waals surface area (Å²) < 4.78 is 0. The molecule has 0 spiro atoms. The van der Waals surface area contributed by atoms with Gasteiger partial charge in [-0.15, -0.1) is 11.3 Å². The van der Waals surface area contributed by atoms with Crippen molar-refractivity contribution in [1.82, 2.24) is 0 Å². The van der Waals surface area contributed by atoms with E-state index in [1.165, 1.54) is 11.3 Å². The highest BCUT2D eigenvalue weighted by atomic mass is 35.5. The molecule has 0 fully saturated rings. The molecule has 2 aromatic carbocycles. The van der Waals surface area contributed by atoms with E-state index in [0.717, 1.165) is 0 Å². The Morgan fingerprint density at radius 1 is 0.960 bits per heavy atom. The molecule has 2 N–H and O–H groups in total. The van der Waals surface area contributed by atoms with Crippen LogP contribution >= 0.6 is 22.9 Å². The van der Waals surface area contributed by atoms with Crippen LogP contribution in [0.1, 0.15) is 26.3 Å². The van der Waals surface area contributed by atoms with Crippen LogP contribution < -0.4 is 0 Å². The maximum Gasteiger partial charge on any atom is 0.337 e. The Labute approximate surface area is 152 Å². The zero-order valence-corrected chi connectivity index (χ0v) is 14.7. The topological polar surface area (TPSA) is 74.6 Å². The first-order valence-electron chi connectivity index (χ1n) is 7.34. The van der Waals surface area contributed by atoms with Gasteiger partial charge in [-0.25, -0.2) is 9.59 Å². The molecule has 1 aromatic heterocycles. The maximum atomic E-state index is 12.1. The molecular weight excluding hydrogens is 360 g/mol. The molecule has 0 amide bonds. The predicted molar refractivity (Wildman–Crippen MR) is 98.9 cm³/mol. The van der Waals surface area contributed by atoms with Gasteiger partial charge < -0.3 is 10.2 Å². The fraction of sp³-hybridized carbons (Fsp3) is 0.0526. The average molecular weight is 373 g/mol. The van der Waals surface area contributed by atoms with Gasteiger partial charge in [-0.3, -0.25) is 0 Å². The molecule has 0 aliphatic carbocycles. The first-order valence-corrected chi connectivity index (χ1v) is 8.60. The van der Waals surface area contributed by atoms with Crippen molar-refractivity contribution in [3.63, 3.8) is 0 Å². The molecule has 126 valence electrons. The SMILES string of the molecule is Cc1cc(-c2ccccc2Cl)c(C(=O)O)c(-c2cccs2)c1C(=O)O. The van der Waals surface area contributed by atoms with Crippen molar-refractivity contribution in [2.45, 2.75) is 6.92 Å². The van der Waals surface area contributed by atoms with Crippen molar-refractivity contribution in [2.75, 3.05) is 0 Å². The van der Waals surface area contributed by atoms with E-state index in [-0.39, 0.29) is 16.7 Å². The highest BCUT2D eigenvalue weighted by Crippen LogP contribution is 2.41. The summed E-state index contributed by atoms with van der Waals surface area (Å²) in [5.41, 5.74) is 1.60. The minimum absolute atomic E-state index is 0.00402. The van der Waals surface area contributed by atoms with Gasteiger partial charge in [-0.2, -0.15) is 0 Å². The van der Waals surface area contributed by atoms with Crippen molar-refractivity contribution in [2.24, 2.45) is 0 Å². The van der Waals surface area contributed by atoms with Crippen molar-refractivity contribution < 1.29 is 19.8 Å². The summed E-state index contributed by atoms with van der Waals surface area (Å²) in [6, 6.07) is 12.0. The fourth-order valence-electron chi connectivity index (χ4n) is 2.87. The van der Waals surface area contributed by atoms with Gasteiger partial charge in [0, 0.05) is 21.0 Å².